The van der Waals surface area contributed by atoms with E-state index < -0.39 is 5.60 Å². The second-order valence-electron chi connectivity index (χ2n) is 4.22. The van der Waals surface area contributed by atoms with Crippen LogP contribution in [0.2, 0.25) is 0 Å². The van der Waals surface area contributed by atoms with Gasteiger partial charge in [0, 0.05) is 6.42 Å². The maximum atomic E-state index is 9.84. The maximum absolute atomic E-state index is 9.84. The molecule has 0 heterocycles. The molecule has 1 N–H and O–H groups in total. The highest BCUT2D eigenvalue weighted by molar-refractivity contribution is 5.38. The predicted molar refractivity (Wildman–Crippen MR) is 55.6 cm³/mol. The number of aryl methyl sites for hydroxylation is 1. The van der Waals surface area contributed by atoms with Crippen LogP contribution in [0.1, 0.15) is 24.0 Å². The molecule has 0 aliphatic heterocycles. The van der Waals surface area contributed by atoms with Crippen molar-refractivity contribution in [3.63, 3.8) is 0 Å². The minimum Gasteiger partial charge on any atom is -0.496 e. The van der Waals surface area contributed by atoms with Crippen LogP contribution in [-0.2, 0) is 6.42 Å². The smallest absolute Gasteiger partial charge is 0.122 e. The van der Waals surface area contributed by atoms with Gasteiger partial charge in [0.1, 0.15) is 5.75 Å². The first-order valence-corrected chi connectivity index (χ1v) is 4.99. The number of rotatable bonds is 3. The van der Waals surface area contributed by atoms with E-state index in [1.165, 1.54) is 5.56 Å². The summed E-state index contributed by atoms with van der Waals surface area (Å²) in [6.45, 7) is 2.06. The molecular weight excluding hydrogens is 176 g/mol. The lowest BCUT2D eigenvalue weighted by Crippen LogP contribution is -2.11. The molecule has 14 heavy (non-hydrogen) atoms. The average Bonchev–Trinajstić information content (AvgIpc) is 2.84. The van der Waals surface area contributed by atoms with E-state index in [2.05, 4.69) is 13.0 Å². The van der Waals surface area contributed by atoms with E-state index in [4.69, 9.17) is 4.74 Å². The number of benzene rings is 1. The summed E-state index contributed by atoms with van der Waals surface area (Å²) in [4.78, 5) is 0. The van der Waals surface area contributed by atoms with E-state index in [9.17, 15) is 5.11 Å². The van der Waals surface area contributed by atoms with Crippen molar-refractivity contribution in [1.82, 2.24) is 0 Å². The number of methoxy groups -OCH3 is 1. The molecule has 0 radical (unpaired) electrons. The molecular formula is C12H16O2. The normalized spacial score (nSPS) is 17.9. The molecule has 1 saturated carbocycles. The monoisotopic (exact) mass is 192 g/mol. The molecule has 0 aromatic heterocycles. The van der Waals surface area contributed by atoms with E-state index in [0.29, 0.717) is 0 Å². The summed E-state index contributed by atoms with van der Waals surface area (Å²) in [5.41, 5.74) is 1.89. The molecule has 0 atom stereocenters. The number of hydrogen-bond donors (Lipinski definition) is 1. The molecule has 2 rings (SSSR count). The van der Waals surface area contributed by atoms with Crippen LogP contribution in [0.5, 0.6) is 5.75 Å². The fraction of sp³-hybridized carbons (Fsp3) is 0.500. The van der Waals surface area contributed by atoms with Crippen LogP contribution in [0.15, 0.2) is 18.2 Å². The zero-order valence-corrected chi connectivity index (χ0v) is 8.71. The van der Waals surface area contributed by atoms with Crippen molar-refractivity contribution < 1.29 is 9.84 Å². The van der Waals surface area contributed by atoms with Gasteiger partial charge in [-0.2, -0.15) is 0 Å². The van der Waals surface area contributed by atoms with Crippen molar-refractivity contribution in [2.75, 3.05) is 7.11 Å². The van der Waals surface area contributed by atoms with Gasteiger partial charge in [-0.3, -0.25) is 0 Å². The van der Waals surface area contributed by atoms with Crippen LogP contribution >= 0.6 is 0 Å². The van der Waals surface area contributed by atoms with Gasteiger partial charge in [0.15, 0.2) is 0 Å². The maximum Gasteiger partial charge on any atom is 0.122 e. The summed E-state index contributed by atoms with van der Waals surface area (Å²) < 4.78 is 5.26. The number of ether oxygens (including phenoxy) is 1. The SMILES string of the molecule is COc1ccc(C)cc1CC1(O)CC1. The van der Waals surface area contributed by atoms with E-state index in [0.717, 1.165) is 30.6 Å². The molecule has 76 valence electrons. The van der Waals surface area contributed by atoms with Crippen LogP contribution in [0.25, 0.3) is 0 Å². The Balaban J connectivity index is 2.25. The summed E-state index contributed by atoms with van der Waals surface area (Å²) >= 11 is 0. The van der Waals surface area contributed by atoms with Crippen molar-refractivity contribution in [2.45, 2.75) is 31.8 Å². The average molecular weight is 192 g/mol. The van der Waals surface area contributed by atoms with Crippen LogP contribution < -0.4 is 4.74 Å². The molecule has 1 aromatic carbocycles. The fourth-order valence-corrected chi connectivity index (χ4v) is 1.72. The van der Waals surface area contributed by atoms with Gasteiger partial charge >= 0.3 is 0 Å². The Morgan fingerprint density at radius 2 is 2.14 bits per heavy atom. The zero-order valence-electron chi connectivity index (χ0n) is 8.71. The van der Waals surface area contributed by atoms with Gasteiger partial charge < -0.3 is 9.84 Å². The topological polar surface area (TPSA) is 29.5 Å². The molecule has 2 heteroatoms. The first kappa shape index (κ1) is 9.53. The minimum absolute atomic E-state index is 0.443. The Bertz CT molecular complexity index is 340. The number of aliphatic hydroxyl groups is 1. The summed E-state index contributed by atoms with van der Waals surface area (Å²) in [6.07, 6.45) is 2.56. The molecule has 0 saturated heterocycles. The highest BCUT2D eigenvalue weighted by Gasteiger charge is 2.40. The first-order valence-electron chi connectivity index (χ1n) is 4.99. The van der Waals surface area contributed by atoms with Crippen molar-refractivity contribution in [2.24, 2.45) is 0 Å². The molecule has 0 bridgehead atoms. The predicted octanol–water partition coefficient (Wildman–Crippen LogP) is 2.07. The first-order chi connectivity index (χ1) is 6.63. The van der Waals surface area contributed by atoms with E-state index >= 15 is 0 Å². The lowest BCUT2D eigenvalue weighted by molar-refractivity contribution is 0.150. The van der Waals surface area contributed by atoms with Gasteiger partial charge in [-0.15, -0.1) is 0 Å². The summed E-state index contributed by atoms with van der Waals surface area (Å²) in [7, 11) is 1.67. The second kappa shape index (κ2) is 3.28. The third-order valence-corrected chi connectivity index (χ3v) is 2.78. The van der Waals surface area contributed by atoms with Gasteiger partial charge in [0.05, 0.1) is 12.7 Å². The Labute approximate surface area is 84.5 Å². The van der Waals surface area contributed by atoms with Crippen LogP contribution in [-0.4, -0.2) is 17.8 Å². The summed E-state index contributed by atoms with van der Waals surface area (Å²) in [6, 6.07) is 6.09. The second-order valence-corrected chi connectivity index (χ2v) is 4.22. The molecule has 1 fully saturated rings. The highest BCUT2D eigenvalue weighted by Crippen LogP contribution is 2.40. The van der Waals surface area contributed by atoms with Crippen LogP contribution in [0.4, 0.5) is 0 Å². The standard InChI is InChI=1S/C12H16O2/c1-9-3-4-11(14-2)10(7-9)8-12(13)5-6-12/h3-4,7,13H,5-6,8H2,1-2H3. The summed E-state index contributed by atoms with van der Waals surface area (Å²) in [5.74, 6) is 0.885. The van der Waals surface area contributed by atoms with Gasteiger partial charge in [-0.1, -0.05) is 17.7 Å². The lowest BCUT2D eigenvalue weighted by Gasteiger charge is -2.12. The van der Waals surface area contributed by atoms with Gasteiger partial charge in [-0.25, -0.2) is 0 Å². The van der Waals surface area contributed by atoms with Crippen molar-refractivity contribution in [1.29, 1.82) is 0 Å². The van der Waals surface area contributed by atoms with Crippen molar-refractivity contribution >= 4 is 0 Å². The van der Waals surface area contributed by atoms with Gasteiger partial charge in [-0.05, 0) is 31.4 Å². The third kappa shape index (κ3) is 1.90. The molecule has 0 amide bonds. The Morgan fingerprint density at radius 1 is 1.43 bits per heavy atom. The highest BCUT2D eigenvalue weighted by atomic mass is 16.5. The molecule has 1 aliphatic rings. The molecule has 0 spiro atoms. The Hall–Kier alpha value is -1.02. The van der Waals surface area contributed by atoms with Gasteiger partial charge in [0.25, 0.3) is 0 Å². The quantitative estimate of drug-likeness (QED) is 0.794. The largest absolute Gasteiger partial charge is 0.496 e. The molecule has 1 aliphatic carbocycles. The van der Waals surface area contributed by atoms with Gasteiger partial charge in [0.2, 0.25) is 0 Å². The van der Waals surface area contributed by atoms with Crippen LogP contribution in [0, 0.1) is 6.92 Å². The van der Waals surface area contributed by atoms with Crippen LogP contribution in [0.3, 0.4) is 0 Å². The molecule has 2 nitrogen and oxygen atoms in total. The molecule has 0 unspecified atom stereocenters. The van der Waals surface area contributed by atoms with E-state index in [1.807, 2.05) is 12.1 Å². The lowest BCUT2D eigenvalue weighted by atomic mass is 10.0. The van der Waals surface area contributed by atoms with E-state index in [-0.39, 0.29) is 0 Å². The zero-order chi connectivity index (χ0) is 10.2. The van der Waals surface area contributed by atoms with Crippen molar-refractivity contribution in [3.8, 4) is 5.75 Å². The Morgan fingerprint density at radius 3 is 2.71 bits per heavy atom. The third-order valence-electron chi connectivity index (χ3n) is 2.78. The number of hydrogen-bond acceptors (Lipinski definition) is 2. The van der Waals surface area contributed by atoms with E-state index in [1.54, 1.807) is 7.11 Å². The fourth-order valence-electron chi connectivity index (χ4n) is 1.72. The summed E-state index contributed by atoms with van der Waals surface area (Å²) in [5, 5.41) is 9.84. The van der Waals surface area contributed by atoms with Crippen molar-refractivity contribution in [3.05, 3.63) is 29.3 Å². The Kier molecular flexibility index (Phi) is 2.23. The minimum atomic E-state index is -0.443. The molecule has 1 aromatic rings.